The average Bonchev–Trinajstić information content (AvgIpc) is 2.42. The Balaban J connectivity index is 2.29. The van der Waals surface area contributed by atoms with Crippen LogP contribution in [0.1, 0.15) is 32.6 Å². The van der Waals surface area contributed by atoms with Crippen LogP contribution in [0.15, 0.2) is 30.4 Å². The summed E-state index contributed by atoms with van der Waals surface area (Å²) in [6, 6.07) is 3.98. The fraction of sp³-hybridized carbons (Fsp3) is 0.375. The summed E-state index contributed by atoms with van der Waals surface area (Å²) in [5, 5.41) is 0.0209. The van der Waals surface area contributed by atoms with Crippen LogP contribution in [0, 0.1) is 5.82 Å². The van der Waals surface area contributed by atoms with Gasteiger partial charge < -0.3 is 9.47 Å². The Morgan fingerprint density at radius 1 is 1.23 bits per heavy atom. The van der Waals surface area contributed by atoms with E-state index in [0.29, 0.717) is 6.42 Å². The van der Waals surface area contributed by atoms with Gasteiger partial charge in [0.05, 0.1) is 11.6 Å². The van der Waals surface area contributed by atoms with Crippen LogP contribution in [0.4, 0.5) is 4.39 Å². The van der Waals surface area contributed by atoms with Crippen molar-refractivity contribution in [3.05, 3.63) is 41.2 Å². The van der Waals surface area contributed by atoms with Gasteiger partial charge in [-0.15, -0.1) is 6.58 Å². The highest BCUT2D eigenvalue weighted by Gasteiger charge is 2.13. The van der Waals surface area contributed by atoms with E-state index in [1.54, 1.807) is 0 Å². The van der Waals surface area contributed by atoms with E-state index in [-0.39, 0.29) is 36.6 Å². The number of benzene rings is 1. The molecule has 1 rings (SSSR count). The number of rotatable bonds is 8. The van der Waals surface area contributed by atoms with E-state index >= 15 is 0 Å². The van der Waals surface area contributed by atoms with E-state index in [0.717, 1.165) is 11.6 Å². The van der Waals surface area contributed by atoms with Crippen LogP contribution in [0.5, 0.6) is 5.75 Å². The van der Waals surface area contributed by atoms with Gasteiger partial charge in [-0.3, -0.25) is 9.59 Å². The second-order valence-electron chi connectivity index (χ2n) is 4.81. The topological polar surface area (TPSA) is 52.6 Å². The molecule has 4 nitrogen and oxygen atoms in total. The first-order valence-electron chi connectivity index (χ1n) is 6.85. The molecule has 0 unspecified atom stereocenters. The van der Waals surface area contributed by atoms with E-state index < -0.39 is 17.8 Å². The highest BCUT2D eigenvalue weighted by atomic mass is 35.5. The van der Waals surface area contributed by atoms with Crippen LogP contribution >= 0.6 is 11.6 Å². The number of carbonyl (C=O) groups is 2. The van der Waals surface area contributed by atoms with Crippen molar-refractivity contribution in [1.29, 1.82) is 0 Å². The Hall–Kier alpha value is -1.88. The number of hydrogen-bond donors (Lipinski definition) is 0. The highest BCUT2D eigenvalue weighted by molar-refractivity contribution is 6.32. The molecule has 1 aromatic rings. The molecule has 0 aliphatic rings. The summed E-state index contributed by atoms with van der Waals surface area (Å²) in [4.78, 5) is 23.0. The summed E-state index contributed by atoms with van der Waals surface area (Å²) in [6.45, 7) is 5.82. The van der Waals surface area contributed by atoms with Gasteiger partial charge in [-0.2, -0.15) is 0 Å². The minimum atomic E-state index is -0.708. The van der Waals surface area contributed by atoms with Gasteiger partial charge >= 0.3 is 11.9 Å². The van der Waals surface area contributed by atoms with E-state index in [9.17, 15) is 14.0 Å². The second-order valence-corrected chi connectivity index (χ2v) is 5.21. The van der Waals surface area contributed by atoms with E-state index in [2.05, 4.69) is 6.58 Å². The Morgan fingerprint density at radius 3 is 2.55 bits per heavy atom. The zero-order valence-corrected chi connectivity index (χ0v) is 13.1. The Bertz CT molecular complexity index is 537. The molecule has 0 amide bonds. The predicted octanol–water partition coefficient (Wildman–Crippen LogP) is 4.06. The highest BCUT2D eigenvalue weighted by Crippen LogP contribution is 2.27. The van der Waals surface area contributed by atoms with E-state index in [4.69, 9.17) is 21.1 Å². The average molecular weight is 329 g/mol. The molecular formula is C16H18ClFO4. The smallest absolute Gasteiger partial charge is 0.311 e. The third kappa shape index (κ3) is 6.72. The molecule has 0 bridgehead atoms. The molecule has 0 saturated carbocycles. The van der Waals surface area contributed by atoms with Crippen LogP contribution in [0.3, 0.4) is 0 Å². The predicted molar refractivity (Wildman–Crippen MR) is 81.3 cm³/mol. The summed E-state index contributed by atoms with van der Waals surface area (Å²) < 4.78 is 23.2. The van der Waals surface area contributed by atoms with Gasteiger partial charge in [0.2, 0.25) is 0 Å². The molecule has 22 heavy (non-hydrogen) atoms. The molecular weight excluding hydrogens is 311 g/mol. The first-order chi connectivity index (χ1) is 10.4. The van der Waals surface area contributed by atoms with Crippen molar-refractivity contribution in [3.63, 3.8) is 0 Å². The molecule has 0 saturated heterocycles. The van der Waals surface area contributed by atoms with Gasteiger partial charge in [-0.25, -0.2) is 4.39 Å². The van der Waals surface area contributed by atoms with Gasteiger partial charge in [0, 0.05) is 19.3 Å². The van der Waals surface area contributed by atoms with Gasteiger partial charge in [0.25, 0.3) is 0 Å². The summed E-state index contributed by atoms with van der Waals surface area (Å²) in [6.07, 6.45) is 0.937. The number of carbonyl (C=O) groups excluding carboxylic acids is 2. The minimum Gasteiger partial charge on any atom is -0.465 e. The SMILES string of the molecule is C=C(C)CCOC(=O)CCCC(=O)Oc1c(F)cccc1Cl. The van der Waals surface area contributed by atoms with Gasteiger partial charge in [-0.1, -0.05) is 23.2 Å². The number of halogens is 2. The Morgan fingerprint density at radius 2 is 1.91 bits per heavy atom. The fourth-order valence-electron chi connectivity index (χ4n) is 1.53. The van der Waals surface area contributed by atoms with Crippen molar-refractivity contribution in [1.82, 2.24) is 0 Å². The standard InChI is InChI=1S/C16H18ClFO4/c1-11(2)9-10-21-14(19)7-4-8-15(20)22-16-12(17)5-3-6-13(16)18/h3,5-6H,1,4,7-10H2,2H3. The summed E-state index contributed by atoms with van der Waals surface area (Å²) >= 11 is 5.74. The molecule has 0 atom stereocenters. The zero-order chi connectivity index (χ0) is 16.5. The largest absolute Gasteiger partial charge is 0.465 e. The Kier molecular flexibility index (Phi) is 7.60. The number of esters is 2. The third-order valence-electron chi connectivity index (χ3n) is 2.69. The molecule has 0 N–H and O–H groups in total. The molecule has 0 fully saturated rings. The van der Waals surface area contributed by atoms with Crippen LogP contribution < -0.4 is 4.74 Å². The molecule has 0 aromatic heterocycles. The molecule has 0 spiro atoms. The van der Waals surface area contributed by atoms with Crippen LogP contribution in [-0.2, 0) is 14.3 Å². The quantitative estimate of drug-likeness (QED) is 0.410. The summed E-state index contributed by atoms with van der Waals surface area (Å²) in [7, 11) is 0. The fourth-order valence-corrected chi connectivity index (χ4v) is 1.73. The second kappa shape index (κ2) is 9.20. The lowest BCUT2D eigenvalue weighted by Gasteiger charge is -2.07. The van der Waals surface area contributed by atoms with Crippen LogP contribution in [-0.4, -0.2) is 18.5 Å². The van der Waals surface area contributed by atoms with Gasteiger partial charge in [-0.05, 0) is 25.5 Å². The normalized spacial score (nSPS) is 10.1. The lowest BCUT2D eigenvalue weighted by Crippen LogP contribution is -2.11. The van der Waals surface area contributed by atoms with Crippen molar-refractivity contribution < 1.29 is 23.5 Å². The molecule has 1 aromatic carbocycles. The molecule has 0 radical (unpaired) electrons. The number of hydrogen-bond acceptors (Lipinski definition) is 4. The Labute approximate surface area is 133 Å². The van der Waals surface area contributed by atoms with Crippen molar-refractivity contribution >= 4 is 23.5 Å². The maximum Gasteiger partial charge on any atom is 0.311 e. The molecule has 0 heterocycles. The lowest BCUT2D eigenvalue weighted by molar-refractivity contribution is -0.143. The molecule has 6 heteroatoms. The third-order valence-corrected chi connectivity index (χ3v) is 2.99. The zero-order valence-electron chi connectivity index (χ0n) is 12.4. The minimum absolute atomic E-state index is 0.0209. The summed E-state index contributed by atoms with van der Waals surface area (Å²) in [5.74, 6) is -2.04. The number of ether oxygens (including phenoxy) is 2. The van der Waals surface area contributed by atoms with Gasteiger partial charge in [0.15, 0.2) is 11.6 Å². The molecule has 0 aliphatic heterocycles. The van der Waals surface area contributed by atoms with E-state index in [1.807, 2.05) is 6.92 Å². The first kappa shape index (κ1) is 18.2. The van der Waals surface area contributed by atoms with Gasteiger partial charge in [0.1, 0.15) is 0 Å². The first-order valence-corrected chi connectivity index (χ1v) is 7.22. The molecule has 120 valence electrons. The van der Waals surface area contributed by atoms with Crippen LogP contribution in [0.25, 0.3) is 0 Å². The van der Waals surface area contributed by atoms with Crippen molar-refractivity contribution in [3.8, 4) is 5.75 Å². The van der Waals surface area contributed by atoms with Crippen molar-refractivity contribution in [2.24, 2.45) is 0 Å². The number of para-hydroxylation sites is 1. The van der Waals surface area contributed by atoms with Crippen LogP contribution in [0.2, 0.25) is 5.02 Å². The maximum atomic E-state index is 13.4. The molecule has 0 aliphatic carbocycles. The van der Waals surface area contributed by atoms with Crippen molar-refractivity contribution in [2.75, 3.05) is 6.61 Å². The maximum absolute atomic E-state index is 13.4. The lowest BCUT2D eigenvalue weighted by atomic mass is 10.2. The van der Waals surface area contributed by atoms with Crippen molar-refractivity contribution in [2.45, 2.75) is 32.6 Å². The monoisotopic (exact) mass is 328 g/mol. The summed E-state index contributed by atoms with van der Waals surface area (Å²) in [5.41, 5.74) is 0.929. The van der Waals surface area contributed by atoms with E-state index in [1.165, 1.54) is 12.1 Å².